The number of hydrogen-bond donors (Lipinski definition) is 2. The first-order valence-corrected chi connectivity index (χ1v) is 9.29. The minimum absolute atomic E-state index is 0.230. The van der Waals surface area contributed by atoms with Gasteiger partial charge in [0.1, 0.15) is 6.04 Å². The van der Waals surface area contributed by atoms with Crippen LogP contribution in [0.1, 0.15) is 29.8 Å². The molecule has 6 nitrogen and oxygen atoms in total. The number of benzene rings is 2. The highest BCUT2D eigenvalue weighted by atomic mass is 35.5. The molecule has 0 saturated carbocycles. The molecule has 2 aromatic rings. The van der Waals surface area contributed by atoms with Gasteiger partial charge in [-0.1, -0.05) is 67.9 Å². The second-order valence-corrected chi connectivity index (χ2v) is 6.95. The Morgan fingerprint density at radius 2 is 1.64 bits per heavy atom. The summed E-state index contributed by atoms with van der Waals surface area (Å²) in [5.41, 5.74) is 1.21. The lowest BCUT2D eigenvalue weighted by Crippen LogP contribution is -2.46. The monoisotopic (exact) mass is 402 g/mol. The maximum absolute atomic E-state index is 12.4. The Kier molecular flexibility index (Phi) is 8.02. The summed E-state index contributed by atoms with van der Waals surface area (Å²) in [4.78, 5) is 36.7. The van der Waals surface area contributed by atoms with Gasteiger partial charge in [-0.25, -0.2) is 4.79 Å². The molecule has 0 spiro atoms. The Bertz CT molecular complexity index is 824. The summed E-state index contributed by atoms with van der Waals surface area (Å²) in [5.74, 6) is -1.80. The third kappa shape index (κ3) is 6.39. The molecule has 7 heteroatoms. The number of hydrogen-bond acceptors (Lipinski definition) is 4. The van der Waals surface area contributed by atoms with Crippen molar-refractivity contribution in [2.24, 2.45) is 5.92 Å². The van der Waals surface area contributed by atoms with Crippen molar-refractivity contribution < 1.29 is 19.1 Å². The summed E-state index contributed by atoms with van der Waals surface area (Å²) in [6, 6.07) is 15.0. The van der Waals surface area contributed by atoms with Crippen molar-refractivity contribution in [1.29, 1.82) is 0 Å². The summed E-state index contributed by atoms with van der Waals surface area (Å²) in [6.07, 6.45) is 0. The van der Waals surface area contributed by atoms with E-state index in [0.717, 1.165) is 5.56 Å². The SMILES string of the molecule is CC(C)[C@@H](NC(=O)c1ccccc1Cl)C(=O)OCC(=O)NCc1ccccc1. The molecule has 0 radical (unpaired) electrons. The lowest BCUT2D eigenvalue weighted by molar-refractivity contribution is -0.151. The second-order valence-electron chi connectivity index (χ2n) is 6.55. The largest absolute Gasteiger partial charge is 0.454 e. The summed E-state index contributed by atoms with van der Waals surface area (Å²) >= 11 is 6.02. The third-order valence-corrected chi connectivity index (χ3v) is 4.33. The molecule has 28 heavy (non-hydrogen) atoms. The maximum atomic E-state index is 12.4. The molecule has 0 unspecified atom stereocenters. The molecule has 0 saturated heterocycles. The number of esters is 1. The van der Waals surface area contributed by atoms with E-state index in [1.165, 1.54) is 0 Å². The molecular weight excluding hydrogens is 380 g/mol. The highest BCUT2D eigenvalue weighted by Gasteiger charge is 2.27. The van der Waals surface area contributed by atoms with Crippen LogP contribution in [-0.2, 0) is 20.9 Å². The molecular formula is C21H23ClN2O4. The molecule has 2 rings (SSSR count). The van der Waals surface area contributed by atoms with E-state index in [0.29, 0.717) is 6.54 Å². The average molecular weight is 403 g/mol. The van der Waals surface area contributed by atoms with Crippen molar-refractivity contribution in [3.63, 3.8) is 0 Å². The summed E-state index contributed by atoms with van der Waals surface area (Å²) in [5, 5.41) is 5.59. The maximum Gasteiger partial charge on any atom is 0.329 e. The van der Waals surface area contributed by atoms with Crippen LogP contribution in [0.5, 0.6) is 0 Å². The number of amides is 2. The highest BCUT2D eigenvalue weighted by Crippen LogP contribution is 2.15. The quantitative estimate of drug-likeness (QED) is 0.665. The first kappa shape index (κ1) is 21.4. The van der Waals surface area contributed by atoms with Gasteiger partial charge >= 0.3 is 5.97 Å². The molecule has 0 aromatic heterocycles. The van der Waals surface area contributed by atoms with Crippen molar-refractivity contribution in [2.75, 3.05) is 6.61 Å². The second kappa shape index (κ2) is 10.5. The van der Waals surface area contributed by atoms with Crippen LogP contribution >= 0.6 is 11.6 Å². The minimum atomic E-state index is -0.898. The molecule has 0 bridgehead atoms. The van der Waals surface area contributed by atoms with Crippen LogP contribution in [0.4, 0.5) is 0 Å². The van der Waals surface area contributed by atoms with Gasteiger partial charge < -0.3 is 15.4 Å². The predicted molar refractivity (Wildman–Crippen MR) is 107 cm³/mol. The number of nitrogens with one attached hydrogen (secondary N) is 2. The molecule has 2 N–H and O–H groups in total. The molecule has 1 atom stereocenters. The smallest absolute Gasteiger partial charge is 0.329 e. The number of halogens is 1. The fraction of sp³-hybridized carbons (Fsp3) is 0.286. The Morgan fingerprint density at radius 3 is 2.29 bits per heavy atom. The van der Waals surface area contributed by atoms with Gasteiger partial charge in [0, 0.05) is 6.54 Å². The first-order chi connectivity index (χ1) is 13.4. The summed E-state index contributed by atoms with van der Waals surface area (Å²) in [6.45, 7) is 3.47. The molecule has 148 valence electrons. The highest BCUT2D eigenvalue weighted by molar-refractivity contribution is 6.33. The van der Waals surface area contributed by atoms with Crippen molar-refractivity contribution >= 4 is 29.4 Å². The topological polar surface area (TPSA) is 84.5 Å². The first-order valence-electron chi connectivity index (χ1n) is 8.91. The number of carbonyl (C=O) groups is 3. The van der Waals surface area contributed by atoms with E-state index in [1.807, 2.05) is 30.3 Å². The van der Waals surface area contributed by atoms with Crippen LogP contribution in [0.25, 0.3) is 0 Å². The summed E-state index contributed by atoms with van der Waals surface area (Å²) in [7, 11) is 0. The van der Waals surface area contributed by atoms with Crippen molar-refractivity contribution in [1.82, 2.24) is 10.6 Å². The standard InChI is InChI=1S/C21H23ClN2O4/c1-14(2)19(24-20(26)16-10-6-7-11-17(16)22)21(27)28-13-18(25)23-12-15-8-4-3-5-9-15/h3-11,14,19H,12-13H2,1-2H3,(H,23,25)(H,24,26)/t19-/m1/s1. The van der Waals surface area contributed by atoms with Crippen LogP contribution in [-0.4, -0.2) is 30.4 Å². The lowest BCUT2D eigenvalue weighted by atomic mass is 10.0. The van der Waals surface area contributed by atoms with Gasteiger partial charge in [-0.05, 0) is 23.6 Å². The van der Waals surface area contributed by atoms with Gasteiger partial charge in [0.05, 0.1) is 10.6 Å². The van der Waals surface area contributed by atoms with E-state index in [4.69, 9.17) is 16.3 Å². The van der Waals surface area contributed by atoms with Crippen LogP contribution in [0.2, 0.25) is 5.02 Å². The van der Waals surface area contributed by atoms with Crippen LogP contribution in [0.15, 0.2) is 54.6 Å². The van der Waals surface area contributed by atoms with E-state index < -0.39 is 30.4 Å². The third-order valence-electron chi connectivity index (χ3n) is 4.00. The Hall–Kier alpha value is -2.86. The summed E-state index contributed by atoms with van der Waals surface area (Å²) < 4.78 is 5.08. The van der Waals surface area contributed by atoms with Gasteiger partial charge in [0.15, 0.2) is 6.61 Å². The van der Waals surface area contributed by atoms with Gasteiger partial charge in [0.25, 0.3) is 11.8 Å². The van der Waals surface area contributed by atoms with Crippen molar-refractivity contribution in [2.45, 2.75) is 26.4 Å². The average Bonchev–Trinajstić information content (AvgIpc) is 2.69. The van der Waals surface area contributed by atoms with Gasteiger partial charge in [-0.3, -0.25) is 9.59 Å². The Morgan fingerprint density at radius 1 is 1.00 bits per heavy atom. The van der Waals surface area contributed by atoms with Gasteiger partial charge in [-0.2, -0.15) is 0 Å². The predicted octanol–water partition coefficient (Wildman–Crippen LogP) is 2.95. The number of ether oxygens (including phenoxy) is 1. The fourth-order valence-corrected chi connectivity index (χ4v) is 2.66. The molecule has 2 amide bonds. The normalized spacial score (nSPS) is 11.6. The Labute approximate surface area is 169 Å². The van der Waals surface area contributed by atoms with Gasteiger partial charge in [-0.15, -0.1) is 0 Å². The molecule has 0 aliphatic carbocycles. The van der Waals surface area contributed by atoms with Crippen molar-refractivity contribution in [3.05, 3.63) is 70.7 Å². The van der Waals surface area contributed by atoms with Gasteiger partial charge in [0.2, 0.25) is 0 Å². The van der Waals surface area contributed by atoms with Crippen LogP contribution < -0.4 is 10.6 Å². The zero-order valence-electron chi connectivity index (χ0n) is 15.8. The minimum Gasteiger partial charge on any atom is -0.454 e. The van der Waals surface area contributed by atoms with Crippen molar-refractivity contribution in [3.8, 4) is 0 Å². The number of carbonyl (C=O) groups excluding carboxylic acids is 3. The molecule has 2 aromatic carbocycles. The molecule has 0 aliphatic heterocycles. The van der Waals surface area contributed by atoms with E-state index in [2.05, 4.69) is 10.6 Å². The Balaban J connectivity index is 1.87. The molecule has 0 aliphatic rings. The van der Waals surface area contributed by atoms with E-state index in [-0.39, 0.29) is 16.5 Å². The van der Waals surface area contributed by atoms with Crippen LogP contribution in [0, 0.1) is 5.92 Å². The van der Waals surface area contributed by atoms with E-state index in [9.17, 15) is 14.4 Å². The lowest BCUT2D eigenvalue weighted by Gasteiger charge is -2.21. The van der Waals surface area contributed by atoms with E-state index >= 15 is 0 Å². The molecule has 0 heterocycles. The zero-order chi connectivity index (χ0) is 20.5. The zero-order valence-corrected chi connectivity index (χ0v) is 16.5. The number of rotatable bonds is 8. The molecule has 0 fully saturated rings. The fourth-order valence-electron chi connectivity index (χ4n) is 2.44. The van der Waals surface area contributed by atoms with E-state index in [1.54, 1.807) is 38.1 Å². The van der Waals surface area contributed by atoms with Crippen LogP contribution in [0.3, 0.4) is 0 Å².